The van der Waals surface area contributed by atoms with Crippen LogP contribution in [-0.2, 0) is 22.7 Å². The number of ether oxygens (including phenoxy) is 1. The highest BCUT2D eigenvalue weighted by atomic mass is 16.5. The minimum Gasteiger partial charge on any atom is -0.469 e. The van der Waals surface area contributed by atoms with E-state index in [1.54, 1.807) is 6.07 Å². The van der Waals surface area contributed by atoms with E-state index in [4.69, 9.17) is 0 Å². The van der Waals surface area contributed by atoms with Gasteiger partial charge in [0.05, 0.1) is 20.3 Å². The van der Waals surface area contributed by atoms with E-state index in [0.29, 0.717) is 18.8 Å². The summed E-state index contributed by atoms with van der Waals surface area (Å²) in [6.07, 6.45) is 1.09. The number of carbonyl (C=O) groups excluding carboxylic acids is 1. The minimum absolute atomic E-state index is 0.0570. The van der Waals surface area contributed by atoms with Crippen molar-refractivity contribution in [1.29, 1.82) is 0 Å². The summed E-state index contributed by atoms with van der Waals surface area (Å²) in [6.45, 7) is 5.73. The first-order valence-electron chi connectivity index (χ1n) is 7.66. The summed E-state index contributed by atoms with van der Waals surface area (Å²) in [5, 5.41) is 18.7. The summed E-state index contributed by atoms with van der Waals surface area (Å²) < 4.78 is 4.67. The molecule has 0 amide bonds. The molecule has 0 bridgehead atoms. The first-order valence-corrected chi connectivity index (χ1v) is 7.66. The van der Waals surface area contributed by atoms with E-state index in [1.165, 1.54) is 7.11 Å². The largest absolute Gasteiger partial charge is 0.469 e. The fraction of sp³-hybridized carbons (Fsp3) is 0.588. The van der Waals surface area contributed by atoms with Crippen molar-refractivity contribution in [2.45, 2.75) is 39.9 Å². The van der Waals surface area contributed by atoms with Gasteiger partial charge in [-0.05, 0) is 35.6 Å². The molecular weight excluding hydrogens is 282 g/mol. The molecule has 1 aromatic carbocycles. The topological polar surface area (TPSA) is 70.0 Å². The van der Waals surface area contributed by atoms with Gasteiger partial charge in [-0.15, -0.1) is 0 Å². The molecular formula is C17H27NO4. The minimum atomic E-state index is -0.204. The lowest BCUT2D eigenvalue weighted by atomic mass is 10.1. The van der Waals surface area contributed by atoms with Gasteiger partial charge >= 0.3 is 5.97 Å². The number of hydrogen-bond donors (Lipinski definition) is 2. The predicted molar refractivity (Wildman–Crippen MR) is 86.6 cm³/mol. The van der Waals surface area contributed by atoms with Crippen molar-refractivity contribution in [2.75, 3.05) is 25.1 Å². The van der Waals surface area contributed by atoms with E-state index in [1.807, 2.05) is 12.1 Å². The van der Waals surface area contributed by atoms with E-state index in [9.17, 15) is 15.0 Å². The van der Waals surface area contributed by atoms with E-state index >= 15 is 0 Å². The van der Waals surface area contributed by atoms with Crippen molar-refractivity contribution >= 4 is 11.7 Å². The Morgan fingerprint density at radius 3 is 2.23 bits per heavy atom. The number of aliphatic hydroxyl groups excluding tert-OH is 2. The Bertz CT molecular complexity index is 451. The van der Waals surface area contributed by atoms with Crippen molar-refractivity contribution in [2.24, 2.45) is 5.92 Å². The number of aliphatic hydroxyl groups is 2. The van der Waals surface area contributed by atoms with E-state index < -0.39 is 0 Å². The number of nitrogens with zero attached hydrogens (tertiary/aromatic N) is 1. The van der Waals surface area contributed by atoms with Crippen LogP contribution in [0, 0.1) is 5.92 Å². The maximum absolute atomic E-state index is 11.2. The molecule has 0 saturated heterocycles. The van der Waals surface area contributed by atoms with Gasteiger partial charge in [-0.25, -0.2) is 0 Å². The van der Waals surface area contributed by atoms with Crippen molar-refractivity contribution in [3.63, 3.8) is 0 Å². The third-order valence-corrected chi connectivity index (χ3v) is 3.39. The van der Waals surface area contributed by atoms with Gasteiger partial charge in [-0.1, -0.05) is 19.9 Å². The normalized spacial score (nSPS) is 10.8. The standard InChI is InChI=1S/C17H27NO4/c1-13(2)10-18(6-4-5-17(21)22-3)16-8-14(11-19)7-15(9-16)12-20/h7-9,13,19-20H,4-6,10-12H2,1-3H3. The molecule has 22 heavy (non-hydrogen) atoms. The SMILES string of the molecule is COC(=O)CCCN(CC(C)C)c1cc(CO)cc(CO)c1. The molecule has 124 valence electrons. The monoisotopic (exact) mass is 309 g/mol. The lowest BCUT2D eigenvalue weighted by Crippen LogP contribution is -2.29. The Hall–Kier alpha value is -1.59. The fourth-order valence-electron chi connectivity index (χ4n) is 2.39. The first-order chi connectivity index (χ1) is 10.5. The highest BCUT2D eigenvalue weighted by molar-refractivity contribution is 5.69. The second kappa shape index (κ2) is 9.43. The molecule has 0 aromatic heterocycles. The number of methoxy groups -OCH3 is 1. The van der Waals surface area contributed by atoms with Crippen molar-refractivity contribution in [3.8, 4) is 0 Å². The van der Waals surface area contributed by atoms with Crippen molar-refractivity contribution in [1.82, 2.24) is 0 Å². The van der Waals surface area contributed by atoms with Gasteiger partial charge in [0.2, 0.25) is 0 Å². The maximum Gasteiger partial charge on any atom is 0.305 e. The molecule has 0 fully saturated rings. The molecule has 1 rings (SSSR count). The third-order valence-electron chi connectivity index (χ3n) is 3.39. The molecule has 5 nitrogen and oxygen atoms in total. The van der Waals surface area contributed by atoms with Gasteiger partial charge < -0.3 is 19.8 Å². The molecule has 0 radical (unpaired) electrons. The molecule has 2 N–H and O–H groups in total. The zero-order valence-corrected chi connectivity index (χ0v) is 13.7. The lowest BCUT2D eigenvalue weighted by Gasteiger charge is -2.27. The Kier molecular flexibility index (Phi) is 7.91. The molecule has 0 unspecified atom stereocenters. The third kappa shape index (κ3) is 6.03. The number of hydrogen-bond acceptors (Lipinski definition) is 5. The highest BCUT2D eigenvalue weighted by Crippen LogP contribution is 2.21. The Morgan fingerprint density at radius 1 is 1.18 bits per heavy atom. The van der Waals surface area contributed by atoms with Crippen LogP contribution in [0.4, 0.5) is 5.69 Å². The average molecular weight is 309 g/mol. The van der Waals surface area contributed by atoms with Gasteiger partial charge in [0.1, 0.15) is 0 Å². The van der Waals surface area contributed by atoms with Crippen LogP contribution in [0.5, 0.6) is 0 Å². The maximum atomic E-state index is 11.2. The number of anilines is 1. The second-order valence-electron chi connectivity index (χ2n) is 5.84. The first kappa shape index (κ1) is 18.5. The zero-order chi connectivity index (χ0) is 16.5. The van der Waals surface area contributed by atoms with Gasteiger partial charge in [0, 0.05) is 25.2 Å². The Morgan fingerprint density at radius 2 is 1.77 bits per heavy atom. The van der Waals surface area contributed by atoms with Crippen LogP contribution in [0.25, 0.3) is 0 Å². The molecule has 0 heterocycles. The fourth-order valence-corrected chi connectivity index (χ4v) is 2.39. The van der Waals surface area contributed by atoms with Crippen LogP contribution in [-0.4, -0.2) is 36.4 Å². The van der Waals surface area contributed by atoms with Crippen molar-refractivity contribution < 1.29 is 19.7 Å². The number of benzene rings is 1. The van der Waals surface area contributed by atoms with E-state index in [-0.39, 0.29) is 19.2 Å². The lowest BCUT2D eigenvalue weighted by molar-refractivity contribution is -0.140. The summed E-state index contributed by atoms with van der Waals surface area (Å²) in [6, 6.07) is 5.66. The van der Waals surface area contributed by atoms with Crippen molar-refractivity contribution in [3.05, 3.63) is 29.3 Å². The number of carbonyl (C=O) groups is 1. The molecule has 0 atom stereocenters. The summed E-state index contributed by atoms with van der Waals surface area (Å²) in [7, 11) is 1.40. The molecule has 0 aliphatic rings. The molecule has 5 heteroatoms. The summed E-state index contributed by atoms with van der Waals surface area (Å²) in [5.74, 6) is 0.262. The Labute approximate surface area is 132 Å². The number of rotatable bonds is 9. The summed E-state index contributed by atoms with van der Waals surface area (Å²) >= 11 is 0. The molecule has 0 aliphatic carbocycles. The van der Waals surface area contributed by atoms with Gasteiger partial charge in [-0.2, -0.15) is 0 Å². The van der Waals surface area contributed by atoms with E-state index in [2.05, 4.69) is 23.5 Å². The van der Waals surface area contributed by atoms with Crippen LogP contribution >= 0.6 is 0 Å². The average Bonchev–Trinajstić information content (AvgIpc) is 2.52. The summed E-state index contributed by atoms with van der Waals surface area (Å²) in [5.41, 5.74) is 2.53. The molecule has 0 aliphatic heterocycles. The highest BCUT2D eigenvalue weighted by Gasteiger charge is 2.12. The molecule has 1 aromatic rings. The number of esters is 1. The molecule has 0 spiro atoms. The van der Waals surface area contributed by atoms with Crippen LogP contribution < -0.4 is 4.90 Å². The Balaban J connectivity index is 2.88. The predicted octanol–water partition coefficient (Wildman–Crippen LogP) is 2.09. The van der Waals surface area contributed by atoms with Gasteiger partial charge in [0.25, 0.3) is 0 Å². The molecule has 0 saturated carbocycles. The summed E-state index contributed by atoms with van der Waals surface area (Å²) in [4.78, 5) is 13.4. The van der Waals surface area contributed by atoms with E-state index in [0.717, 1.165) is 29.9 Å². The smallest absolute Gasteiger partial charge is 0.305 e. The zero-order valence-electron chi connectivity index (χ0n) is 13.7. The second-order valence-corrected chi connectivity index (χ2v) is 5.84. The van der Waals surface area contributed by atoms with Gasteiger partial charge in [-0.3, -0.25) is 4.79 Å². The van der Waals surface area contributed by atoms with Gasteiger partial charge in [0.15, 0.2) is 0 Å². The van der Waals surface area contributed by atoms with Crippen LogP contribution in [0.2, 0.25) is 0 Å². The van der Waals surface area contributed by atoms with Crippen LogP contribution in [0.15, 0.2) is 18.2 Å². The van der Waals surface area contributed by atoms with Crippen LogP contribution in [0.3, 0.4) is 0 Å². The van der Waals surface area contributed by atoms with Crippen LogP contribution in [0.1, 0.15) is 37.8 Å². The quantitative estimate of drug-likeness (QED) is 0.684.